The lowest BCUT2D eigenvalue weighted by molar-refractivity contribution is -0.143. The molecule has 0 aliphatic heterocycles. The largest absolute Gasteiger partial charge is 0.467 e. The maximum absolute atomic E-state index is 13.9. The summed E-state index contributed by atoms with van der Waals surface area (Å²) in [5.74, 6) is -1.31. The van der Waals surface area contributed by atoms with E-state index in [9.17, 15) is 14.0 Å². The minimum Gasteiger partial charge on any atom is -0.467 e. The summed E-state index contributed by atoms with van der Waals surface area (Å²) in [6.45, 7) is 0.200. The Balaban J connectivity index is 1.74. The summed E-state index contributed by atoms with van der Waals surface area (Å²) in [6.07, 6.45) is 4.81. The number of ether oxygens (including phenoxy) is 1. The van der Waals surface area contributed by atoms with Crippen LogP contribution in [-0.2, 0) is 16.1 Å². The Bertz CT molecular complexity index is 924. The number of hydrogen-bond donors (Lipinski definition) is 1. The van der Waals surface area contributed by atoms with Gasteiger partial charge in [0.25, 0.3) is 5.91 Å². The normalized spacial score (nSPS) is 11.6. The molecule has 1 aromatic heterocycles. The van der Waals surface area contributed by atoms with Crippen molar-refractivity contribution in [3.63, 3.8) is 0 Å². The lowest BCUT2D eigenvalue weighted by Gasteiger charge is -2.17. The van der Waals surface area contributed by atoms with Crippen molar-refractivity contribution in [1.29, 1.82) is 0 Å². The van der Waals surface area contributed by atoms with Crippen molar-refractivity contribution in [1.82, 2.24) is 14.9 Å². The molecule has 27 heavy (non-hydrogen) atoms. The highest BCUT2D eigenvalue weighted by molar-refractivity contribution is 5.97. The van der Waals surface area contributed by atoms with Crippen LogP contribution in [0, 0.1) is 5.82 Å². The Kier molecular flexibility index (Phi) is 5.61. The third-order valence-corrected chi connectivity index (χ3v) is 4.08. The van der Waals surface area contributed by atoms with Gasteiger partial charge < -0.3 is 14.6 Å². The Morgan fingerprint density at radius 2 is 1.93 bits per heavy atom. The van der Waals surface area contributed by atoms with Crippen LogP contribution in [0.3, 0.4) is 0 Å². The second kappa shape index (κ2) is 8.27. The van der Waals surface area contributed by atoms with Crippen LogP contribution in [0.1, 0.15) is 10.4 Å². The van der Waals surface area contributed by atoms with Gasteiger partial charge in [-0.15, -0.1) is 0 Å². The van der Waals surface area contributed by atoms with Gasteiger partial charge in [-0.3, -0.25) is 4.79 Å². The molecule has 1 N–H and O–H groups in total. The van der Waals surface area contributed by atoms with E-state index in [1.54, 1.807) is 65.8 Å². The minimum absolute atomic E-state index is 0.200. The molecule has 0 unspecified atom stereocenters. The minimum atomic E-state index is -0.858. The summed E-state index contributed by atoms with van der Waals surface area (Å²) < 4.78 is 20.3. The van der Waals surface area contributed by atoms with Crippen molar-refractivity contribution in [3.05, 3.63) is 78.6 Å². The maximum Gasteiger partial charge on any atom is 0.330 e. The third-order valence-electron chi connectivity index (χ3n) is 4.08. The molecule has 0 spiro atoms. The van der Waals surface area contributed by atoms with Crippen molar-refractivity contribution in [2.24, 2.45) is 0 Å². The number of aromatic nitrogens is 2. The molecule has 0 saturated heterocycles. The molecule has 0 aliphatic rings. The Hall–Kier alpha value is -3.48. The van der Waals surface area contributed by atoms with E-state index in [1.807, 2.05) is 0 Å². The number of methoxy groups -OCH3 is 1. The topological polar surface area (TPSA) is 73.2 Å². The van der Waals surface area contributed by atoms with Crippen LogP contribution in [0.4, 0.5) is 4.39 Å². The van der Waals surface area contributed by atoms with Crippen molar-refractivity contribution in [2.75, 3.05) is 7.11 Å². The highest BCUT2D eigenvalue weighted by Crippen LogP contribution is 2.22. The first kappa shape index (κ1) is 18.3. The first-order valence-electron chi connectivity index (χ1n) is 8.28. The molecule has 2 aromatic carbocycles. The molecule has 1 atom stereocenters. The second-order valence-corrected chi connectivity index (χ2v) is 5.87. The summed E-state index contributed by atoms with van der Waals surface area (Å²) in [5.41, 5.74) is 1.47. The van der Waals surface area contributed by atoms with Crippen LogP contribution in [-0.4, -0.2) is 34.6 Å². The van der Waals surface area contributed by atoms with Crippen LogP contribution in [0.15, 0.2) is 67.3 Å². The number of benzene rings is 2. The number of halogens is 1. The monoisotopic (exact) mass is 367 g/mol. The Labute approximate surface area is 155 Å². The molecule has 0 fully saturated rings. The number of hydrogen-bond acceptors (Lipinski definition) is 4. The van der Waals surface area contributed by atoms with Crippen molar-refractivity contribution in [3.8, 4) is 11.1 Å². The van der Waals surface area contributed by atoms with Gasteiger partial charge >= 0.3 is 5.97 Å². The number of rotatable bonds is 6. The first-order chi connectivity index (χ1) is 13.1. The number of imidazole rings is 1. The van der Waals surface area contributed by atoms with Crippen LogP contribution < -0.4 is 5.32 Å². The molecule has 0 aliphatic carbocycles. The van der Waals surface area contributed by atoms with Crippen LogP contribution >= 0.6 is 0 Å². The molecule has 6 nitrogen and oxygen atoms in total. The number of nitrogens with zero attached hydrogens (tertiary/aromatic N) is 2. The molecular weight excluding hydrogens is 349 g/mol. The van der Waals surface area contributed by atoms with Gasteiger partial charge in [0.15, 0.2) is 0 Å². The highest BCUT2D eigenvalue weighted by atomic mass is 19.1. The molecule has 0 radical (unpaired) electrons. The number of nitrogens with one attached hydrogen (secondary N) is 1. The molecule has 3 rings (SSSR count). The van der Waals surface area contributed by atoms with Gasteiger partial charge in [0.05, 0.1) is 20.0 Å². The molecule has 0 bridgehead atoms. The van der Waals surface area contributed by atoms with E-state index in [2.05, 4.69) is 10.3 Å². The van der Waals surface area contributed by atoms with E-state index in [4.69, 9.17) is 4.74 Å². The fourth-order valence-electron chi connectivity index (χ4n) is 2.66. The third kappa shape index (κ3) is 4.38. The van der Waals surface area contributed by atoms with E-state index >= 15 is 0 Å². The number of amides is 1. The molecule has 138 valence electrons. The molecular formula is C20H18FN3O3. The van der Waals surface area contributed by atoms with Crippen molar-refractivity contribution < 1.29 is 18.7 Å². The van der Waals surface area contributed by atoms with E-state index in [1.165, 1.54) is 13.2 Å². The Morgan fingerprint density at radius 3 is 2.56 bits per heavy atom. The SMILES string of the molecule is COC(=O)[C@H](Cn1ccnc1)NC(=O)c1ccc(-c2ccccc2F)cc1. The van der Waals surface area contributed by atoms with Gasteiger partial charge in [-0.1, -0.05) is 30.3 Å². The lowest BCUT2D eigenvalue weighted by atomic mass is 10.0. The van der Waals surface area contributed by atoms with E-state index in [-0.39, 0.29) is 12.4 Å². The molecule has 1 amide bonds. The lowest BCUT2D eigenvalue weighted by Crippen LogP contribution is -2.44. The number of carbonyl (C=O) groups is 2. The van der Waals surface area contributed by atoms with Gasteiger partial charge in [-0.05, 0) is 23.8 Å². The molecule has 7 heteroatoms. The zero-order valence-corrected chi connectivity index (χ0v) is 14.6. The van der Waals surface area contributed by atoms with E-state index < -0.39 is 17.9 Å². The van der Waals surface area contributed by atoms with E-state index in [0.717, 1.165) is 0 Å². The van der Waals surface area contributed by atoms with Crippen LogP contribution in [0.25, 0.3) is 11.1 Å². The standard InChI is InChI=1S/C20H18FN3O3/c1-27-20(26)18(12-24-11-10-22-13-24)23-19(25)15-8-6-14(7-9-15)16-4-2-3-5-17(16)21/h2-11,13,18H,12H2,1H3,(H,23,25)/t18-/m0/s1. The fraction of sp³-hybridized carbons (Fsp3) is 0.150. The van der Waals surface area contributed by atoms with Crippen molar-refractivity contribution in [2.45, 2.75) is 12.6 Å². The predicted octanol–water partition coefficient (Wildman–Crippen LogP) is 2.66. The quantitative estimate of drug-likeness (QED) is 0.680. The van der Waals surface area contributed by atoms with Crippen molar-refractivity contribution >= 4 is 11.9 Å². The number of esters is 1. The van der Waals surface area contributed by atoms with Crippen LogP contribution in [0.5, 0.6) is 0 Å². The maximum atomic E-state index is 13.9. The smallest absolute Gasteiger partial charge is 0.330 e. The zero-order valence-electron chi connectivity index (χ0n) is 14.6. The molecule has 3 aromatic rings. The first-order valence-corrected chi connectivity index (χ1v) is 8.28. The number of carbonyl (C=O) groups excluding carboxylic acids is 2. The van der Waals surface area contributed by atoms with E-state index in [0.29, 0.717) is 16.7 Å². The Morgan fingerprint density at radius 1 is 1.19 bits per heavy atom. The average Bonchev–Trinajstić information content (AvgIpc) is 3.20. The summed E-state index contributed by atoms with van der Waals surface area (Å²) in [6, 6.07) is 12.1. The molecule has 1 heterocycles. The van der Waals surface area contributed by atoms with Gasteiger partial charge in [-0.2, -0.15) is 0 Å². The summed E-state index contributed by atoms with van der Waals surface area (Å²) >= 11 is 0. The average molecular weight is 367 g/mol. The van der Waals surface area contributed by atoms with Gasteiger partial charge in [0.1, 0.15) is 11.9 Å². The van der Waals surface area contributed by atoms with Gasteiger partial charge in [0.2, 0.25) is 0 Å². The van der Waals surface area contributed by atoms with Crippen LogP contribution in [0.2, 0.25) is 0 Å². The summed E-state index contributed by atoms with van der Waals surface area (Å²) in [7, 11) is 1.26. The predicted molar refractivity (Wildman–Crippen MR) is 97.3 cm³/mol. The fourth-order valence-corrected chi connectivity index (χ4v) is 2.66. The highest BCUT2D eigenvalue weighted by Gasteiger charge is 2.22. The summed E-state index contributed by atoms with van der Waals surface area (Å²) in [4.78, 5) is 28.4. The summed E-state index contributed by atoms with van der Waals surface area (Å²) in [5, 5.41) is 2.66. The van der Waals surface area contributed by atoms with Gasteiger partial charge in [0, 0.05) is 23.5 Å². The molecule has 0 saturated carbocycles. The zero-order chi connectivity index (χ0) is 19.2. The van der Waals surface area contributed by atoms with Gasteiger partial charge in [-0.25, -0.2) is 14.2 Å². The second-order valence-electron chi connectivity index (χ2n) is 5.87.